The Kier molecular flexibility index (Phi) is 5.35. The second-order valence-electron chi connectivity index (χ2n) is 8.10. The van der Waals surface area contributed by atoms with Crippen LogP contribution in [0.2, 0.25) is 0 Å². The van der Waals surface area contributed by atoms with Crippen LogP contribution >= 0.6 is 0 Å². The van der Waals surface area contributed by atoms with Crippen molar-refractivity contribution in [2.24, 2.45) is 5.92 Å². The second kappa shape index (κ2) is 8.46. The van der Waals surface area contributed by atoms with Crippen LogP contribution < -0.4 is 10.1 Å². The molecule has 0 radical (unpaired) electrons. The lowest BCUT2D eigenvalue weighted by atomic mass is 9.94. The Balaban J connectivity index is 1.33. The van der Waals surface area contributed by atoms with E-state index in [1.54, 1.807) is 31.4 Å². The lowest BCUT2D eigenvalue weighted by Gasteiger charge is -2.10. The summed E-state index contributed by atoms with van der Waals surface area (Å²) in [5.74, 6) is 0.604. The van der Waals surface area contributed by atoms with Gasteiger partial charge in [0.1, 0.15) is 17.1 Å². The van der Waals surface area contributed by atoms with Gasteiger partial charge in [0, 0.05) is 17.5 Å². The summed E-state index contributed by atoms with van der Waals surface area (Å²) >= 11 is 0. The number of carbonyl (C=O) groups excluding carboxylic acids is 1. The number of nitrogens with zero attached hydrogens (tertiary/aromatic N) is 1. The predicted octanol–water partition coefficient (Wildman–Crippen LogP) is 6.76. The average Bonchev–Trinajstić information content (AvgIpc) is 3.49. The van der Waals surface area contributed by atoms with Crippen molar-refractivity contribution in [3.05, 3.63) is 72.0 Å². The highest BCUT2D eigenvalue weighted by Crippen LogP contribution is 2.31. The first kappa shape index (κ1) is 20.2. The minimum Gasteiger partial charge on any atom is -0.497 e. The number of Topliss-reactive ketones (excluding diaryl/α,β-unsaturated/α-hetero) is 1. The number of hydrogen-bond acceptors (Lipinski definition) is 5. The molecule has 0 unspecified atom stereocenters. The standard InChI is InChI=1S/C26H23FN2O3/c1-31-20-11-13-23-24(15-20)32-26(29-23)28-22-12-10-19(14-21(22)27)16-6-8-18(9-7-16)25(30)17-4-2-3-5-17/h6-15,17H,2-5H2,1H3,(H,28,29). The fourth-order valence-electron chi connectivity index (χ4n) is 4.25. The SMILES string of the molecule is COc1ccc2nc(Nc3ccc(-c4ccc(C(=O)C5CCCC5)cc4)cc3F)oc2c1. The number of rotatable bonds is 6. The summed E-state index contributed by atoms with van der Waals surface area (Å²) in [4.78, 5) is 16.9. The molecule has 0 bridgehead atoms. The van der Waals surface area contributed by atoms with E-state index < -0.39 is 5.82 Å². The minimum atomic E-state index is -0.423. The largest absolute Gasteiger partial charge is 0.497 e. The van der Waals surface area contributed by atoms with Gasteiger partial charge in [-0.15, -0.1) is 0 Å². The number of oxazole rings is 1. The van der Waals surface area contributed by atoms with E-state index in [0.717, 1.165) is 42.4 Å². The number of methoxy groups -OCH3 is 1. The van der Waals surface area contributed by atoms with E-state index in [-0.39, 0.29) is 23.4 Å². The summed E-state index contributed by atoms with van der Waals surface area (Å²) < 4.78 is 25.6. The molecule has 6 heteroatoms. The van der Waals surface area contributed by atoms with E-state index >= 15 is 0 Å². The number of aromatic nitrogens is 1. The van der Waals surface area contributed by atoms with Gasteiger partial charge >= 0.3 is 0 Å². The van der Waals surface area contributed by atoms with E-state index in [9.17, 15) is 9.18 Å². The highest BCUT2D eigenvalue weighted by atomic mass is 19.1. The van der Waals surface area contributed by atoms with Crippen LogP contribution in [-0.4, -0.2) is 17.9 Å². The molecular formula is C26H23FN2O3. The number of benzene rings is 3. The predicted molar refractivity (Wildman–Crippen MR) is 122 cm³/mol. The lowest BCUT2D eigenvalue weighted by Crippen LogP contribution is -2.10. The number of fused-ring (bicyclic) bond motifs is 1. The number of ketones is 1. The number of carbonyl (C=O) groups is 1. The van der Waals surface area contributed by atoms with Gasteiger partial charge in [-0.3, -0.25) is 4.79 Å². The summed E-state index contributed by atoms with van der Waals surface area (Å²) in [5, 5.41) is 2.89. The fraction of sp³-hybridized carbons (Fsp3) is 0.231. The molecule has 4 aromatic rings. The van der Waals surface area contributed by atoms with Crippen molar-refractivity contribution in [2.75, 3.05) is 12.4 Å². The van der Waals surface area contributed by atoms with Crippen LogP contribution in [0.3, 0.4) is 0 Å². The van der Waals surface area contributed by atoms with Crippen LogP contribution in [0.15, 0.2) is 65.1 Å². The molecule has 1 N–H and O–H groups in total. The van der Waals surface area contributed by atoms with Gasteiger partial charge in [0.2, 0.25) is 0 Å². The summed E-state index contributed by atoms with van der Waals surface area (Å²) in [5.41, 5.74) is 3.78. The van der Waals surface area contributed by atoms with Crippen LogP contribution in [0.1, 0.15) is 36.0 Å². The van der Waals surface area contributed by atoms with Crippen LogP contribution in [0.25, 0.3) is 22.2 Å². The van der Waals surface area contributed by atoms with Crippen molar-refractivity contribution in [3.63, 3.8) is 0 Å². The van der Waals surface area contributed by atoms with Crippen molar-refractivity contribution in [1.82, 2.24) is 4.98 Å². The van der Waals surface area contributed by atoms with Crippen LogP contribution in [0.5, 0.6) is 5.75 Å². The monoisotopic (exact) mass is 430 g/mol. The van der Waals surface area contributed by atoms with Crippen molar-refractivity contribution in [2.45, 2.75) is 25.7 Å². The number of anilines is 2. The molecule has 162 valence electrons. The van der Waals surface area contributed by atoms with Gasteiger partial charge in [-0.2, -0.15) is 4.98 Å². The Hall–Kier alpha value is -3.67. The molecule has 0 atom stereocenters. The third-order valence-electron chi connectivity index (χ3n) is 6.04. The Bertz CT molecular complexity index is 1270. The summed E-state index contributed by atoms with van der Waals surface area (Å²) in [7, 11) is 1.58. The van der Waals surface area contributed by atoms with Gasteiger partial charge in [0.15, 0.2) is 11.4 Å². The first-order chi connectivity index (χ1) is 15.6. The van der Waals surface area contributed by atoms with Crippen molar-refractivity contribution < 1.29 is 18.3 Å². The van der Waals surface area contributed by atoms with Gasteiger partial charge in [0.05, 0.1) is 12.8 Å². The molecule has 1 heterocycles. The molecule has 0 amide bonds. The first-order valence-corrected chi connectivity index (χ1v) is 10.8. The smallest absolute Gasteiger partial charge is 0.300 e. The number of ether oxygens (including phenoxy) is 1. The molecule has 1 aliphatic carbocycles. The molecule has 1 saturated carbocycles. The molecule has 1 fully saturated rings. The van der Waals surface area contributed by atoms with E-state index in [4.69, 9.17) is 9.15 Å². The molecule has 32 heavy (non-hydrogen) atoms. The quantitative estimate of drug-likeness (QED) is 0.342. The molecule has 5 nitrogen and oxygen atoms in total. The van der Waals surface area contributed by atoms with Crippen LogP contribution in [-0.2, 0) is 0 Å². The van der Waals surface area contributed by atoms with Crippen LogP contribution in [0.4, 0.5) is 16.1 Å². The molecule has 1 aliphatic rings. The van der Waals surface area contributed by atoms with E-state index in [1.165, 1.54) is 6.07 Å². The summed E-state index contributed by atoms with van der Waals surface area (Å²) in [6.07, 6.45) is 4.22. The zero-order valence-corrected chi connectivity index (χ0v) is 17.7. The van der Waals surface area contributed by atoms with Gasteiger partial charge in [-0.25, -0.2) is 4.39 Å². The lowest BCUT2D eigenvalue weighted by molar-refractivity contribution is 0.0923. The second-order valence-corrected chi connectivity index (χ2v) is 8.10. The molecule has 0 saturated heterocycles. The third kappa shape index (κ3) is 3.96. The Morgan fingerprint density at radius 3 is 2.50 bits per heavy atom. The maximum atomic E-state index is 14.8. The Labute approximate surface area is 185 Å². The maximum absolute atomic E-state index is 14.8. The zero-order chi connectivity index (χ0) is 22.1. The van der Waals surface area contributed by atoms with Gasteiger partial charge in [-0.05, 0) is 48.2 Å². The van der Waals surface area contributed by atoms with Crippen molar-refractivity contribution in [3.8, 4) is 16.9 Å². The van der Waals surface area contributed by atoms with Gasteiger partial charge in [0.25, 0.3) is 6.01 Å². The van der Waals surface area contributed by atoms with Crippen LogP contribution in [0, 0.1) is 11.7 Å². The molecule has 0 spiro atoms. The zero-order valence-electron chi connectivity index (χ0n) is 17.7. The number of halogens is 1. The Morgan fingerprint density at radius 1 is 1.03 bits per heavy atom. The normalized spacial score (nSPS) is 14.1. The summed E-state index contributed by atoms with van der Waals surface area (Å²) in [6.45, 7) is 0. The average molecular weight is 430 g/mol. The molecule has 3 aromatic carbocycles. The van der Waals surface area contributed by atoms with Gasteiger partial charge < -0.3 is 14.5 Å². The topological polar surface area (TPSA) is 64.4 Å². The summed E-state index contributed by atoms with van der Waals surface area (Å²) in [6, 6.07) is 17.9. The molecular weight excluding hydrogens is 407 g/mol. The number of hydrogen-bond donors (Lipinski definition) is 1. The molecule has 5 rings (SSSR count). The van der Waals surface area contributed by atoms with Crippen molar-refractivity contribution >= 4 is 28.6 Å². The Morgan fingerprint density at radius 2 is 1.78 bits per heavy atom. The fourth-order valence-corrected chi connectivity index (χ4v) is 4.25. The van der Waals surface area contributed by atoms with E-state index in [0.29, 0.717) is 16.8 Å². The minimum absolute atomic E-state index is 0.150. The first-order valence-electron chi connectivity index (χ1n) is 10.8. The number of nitrogens with one attached hydrogen (secondary N) is 1. The third-order valence-corrected chi connectivity index (χ3v) is 6.04. The molecule has 1 aromatic heterocycles. The highest BCUT2D eigenvalue weighted by molar-refractivity contribution is 5.98. The molecule has 0 aliphatic heterocycles. The van der Waals surface area contributed by atoms with Gasteiger partial charge in [-0.1, -0.05) is 43.2 Å². The van der Waals surface area contributed by atoms with E-state index in [1.807, 2.05) is 30.3 Å². The van der Waals surface area contributed by atoms with Crippen molar-refractivity contribution in [1.29, 1.82) is 0 Å². The van der Waals surface area contributed by atoms with E-state index in [2.05, 4.69) is 10.3 Å². The maximum Gasteiger partial charge on any atom is 0.300 e. The highest BCUT2D eigenvalue weighted by Gasteiger charge is 2.23.